The molecule has 0 amide bonds. The Morgan fingerprint density at radius 1 is 1.38 bits per heavy atom. The number of aryl methyl sites for hydroxylation is 1. The van der Waals surface area contributed by atoms with Gasteiger partial charge >= 0.3 is 0 Å². The Morgan fingerprint density at radius 3 is 2.62 bits per heavy atom. The van der Waals surface area contributed by atoms with Crippen molar-refractivity contribution < 1.29 is 8.42 Å². The van der Waals surface area contributed by atoms with Gasteiger partial charge in [-0.3, -0.25) is 0 Å². The van der Waals surface area contributed by atoms with Crippen molar-refractivity contribution in [1.82, 2.24) is 14.6 Å². The SMILES string of the molecule is CCCn1cc(S(=O)(=O)NCC2(C)CCC2)cc1CNC. The molecule has 1 aromatic rings. The Kier molecular flexibility index (Phi) is 5.11. The number of hydrogen-bond donors (Lipinski definition) is 2. The molecule has 0 atom stereocenters. The zero-order chi connectivity index (χ0) is 15.5. The molecule has 21 heavy (non-hydrogen) atoms. The quantitative estimate of drug-likeness (QED) is 0.772. The predicted octanol–water partition coefficient (Wildman–Crippen LogP) is 2.09. The number of nitrogens with zero attached hydrogens (tertiary/aromatic N) is 1. The molecule has 1 aliphatic carbocycles. The van der Waals surface area contributed by atoms with Gasteiger partial charge in [-0.2, -0.15) is 0 Å². The molecule has 0 bridgehead atoms. The lowest BCUT2D eigenvalue weighted by molar-refractivity contribution is 0.166. The van der Waals surface area contributed by atoms with Crippen LogP contribution in [0.4, 0.5) is 0 Å². The minimum absolute atomic E-state index is 0.146. The maximum Gasteiger partial charge on any atom is 0.242 e. The molecule has 1 aliphatic rings. The molecule has 0 aromatic carbocycles. The van der Waals surface area contributed by atoms with Gasteiger partial charge in [0.25, 0.3) is 0 Å². The molecule has 1 heterocycles. The summed E-state index contributed by atoms with van der Waals surface area (Å²) < 4.78 is 29.7. The highest BCUT2D eigenvalue weighted by Gasteiger charge is 2.33. The van der Waals surface area contributed by atoms with Gasteiger partial charge in [0.1, 0.15) is 0 Å². The van der Waals surface area contributed by atoms with Gasteiger partial charge in [-0.15, -0.1) is 0 Å². The molecule has 1 aromatic heterocycles. The third kappa shape index (κ3) is 3.87. The van der Waals surface area contributed by atoms with Crippen molar-refractivity contribution in [2.24, 2.45) is 5.41 Å². The van der Waals surface area contributed by atoms with Gasteiger partial charge in [-0.25, -0.2) is 13.1 Å². The van der Waals surface area contributed by atoms with Crippen molar-refractivity contribution in [3.63, 3.8) is 0 Å². The Balaban J connectivity index is 2.12. The first-order valence-electron chi connectivity index (χ1n) is 7.73. The van der Waals surface area contributed by atoms with Crippen molar-refractivity contribution in [3.8, 4) is 0 Å². The van der Waals surface area contributed by atoms with Crippen LogP contribution in [0, 0.1) is 5.41 Å². The lowest BCUT2D eigenvalue weighted by Gasteiger charge is -2.38. The normalized spacial score (nSPS) is 17.7. The monoisotopic (exact) mass is 313 g/mol. The fourth-order valence-electron chi connectivity index (χ4n) is 2.76. The maximum absolute atomic E-state index is 12.4. The van der Waals surface area contributed by atoms with Crippen molar-refractivity contribution in [1.29, 1.82) is 0 Å². The van der Waals surface area contributed by atoms with Gasteiger partial charge in [0.2, 0.25) is 10.0 Å². The standard InChI is InChI=1S/C15H27N3O2S/c1-4-8-18-11-14(9-13(18)10-16-3)21(19,20)17-12-15(2)6-5-7-15/h9,11,16-17H,4-8,10,12H2,1-3H3. The largest absolute Gasteiger partial charge is 0.349 e. The molecular weight excluding hydrogens is 286 g/mol. The van der Waals surface area contributed by atoms with Crippen molar-refractivity contribution in [3.05, 3.63) is 18.0 Å². The van der Waals surface area contributed by atoms with Crippen molar-refractivity contribution >= 4 is 10.0 Å². The van der Waals surface area contributed by atoms with E-state index in [9.17, 15) is 8.42 Å². The van der Waals surface area contributed by atoms with E-state index in [2.05, 4.69) is 23.9 Å². The van der Waals surface area contributed by atoms with E-state index >= 15 is 0 Å². The average molecular weight is 313 g/mol. The van der Waals surface area contributed by atoms with Gasteiger partial charge in [-0.1, -0.05) is 20.3 Å². The molecule has 6 heteroatoms. The van der Waals surface area contributed by atoms with E-state index in [1.54, 1.807) is 12.3 Å². The van der Waals surface area contributed by atoms with Crippen LogP contribution in [0.3, 0.4) is 0 Å². The Morgan fingerprint density at radius 2 is 2.10 bits per heavy atom. The van der Waals surface area contributed by atoms with Crippen LogP contribution in [-0.4, -0.2) is 26.6 Å². The summed E-state index contributed by atoms with van der Waals surface area (Å²) in [7, 11) is -1.54. The van der Waals surface area contributed by atoms with Crippen LogP contribution in [0.5, 0.6) is 0 Å². The first kappa shape index (κ1) is 16.5. The molecule has 0 saturated heterocycles. The second-order valence-electron chi connectivity index (χ2n) is 6.38. The van der Waals surface area contributed by atoms with E-state index in [1.165, 1.54) is 6.42 Å². The molecule has 1 saturated carbocycles. The fourth-order valence-corrected chi connectivity index (χ4v) is 4.02. The predicted molar refractivity (Wildman–Crippen MR) is 84.6 cm³/mol. The highest BCUT2D eigenvalue weighted by molar-refractivity contribution is 7.89. The highest BCUT2D eigenvalue weighted by Crippen LogP contribution is 2.39. The number of sulfonamides is 1. The van der Waals surface area contributed by atoms with Gasteiger partial charge in [0.15, 0.2) is 0 Å². The summed E-state index contributed by atoms with van der Waals surface area (Å²) >= 11 is 0. The van der Waals surface area contributed by atoms with Gasteiger partial charge in [0.05, 0.1) is 4.90 Å². The summed E-state index contributed by atoms with van der Waals surface area (Å²) in [5, 5.41) is 3.09. The van der Waals surface area contributed by atoms with E-state index in [4.69, 9.17) is 0 Å². The minimum Gasteiger partial charge on any atom is -0.349 e. The second-order valence-corrected chi connectivity index (χ2v) is 8.15. The van der Waals surface area contributed by atoms with Crippen LogP contribution < -0.4 is 10.0 Å². The van der Waals surface area contributed by atoms with E-state index in [-0.39, 0.29) is 5.41 Å². The van der Waals surface area contributed by atoms with Gasteiger partial charge < -0.3 is 9.88 Å². The Bertz CT molecular complexity index is 550. The van der Waals surface area contributed by atoms with E-state index in [0.717, 1.165) is 31.5 Å². The Labute approximate surface area is 128 Å². The average Bonchev–Trinajstić information content (AvgIpc) is 2.79. The number of aromatic nitrogens is 1. The van der Waals surface area contributed by atoms with Gasteiger partial charge in [0, 0.05) is 31.5 Å². The zero-order valence-corrected chi connectivity index (χ0v) is 14.1. The summed E-state index contributed by atoms with van der Waals surface area (Å²) in [6.45, 7) is 6.29. The third-order valence-corrected chi connectivity index (χ3v) is 5.71. The van der Waals surface area contributed by atoms with Crippen LogP contribution in [0.2, 0.25) is 0 Å². The number of hydrogen-bond acceptors (Lipinski definition) is 3. The maximum atomic E-state index is 12.4. The van der Waals surface area contributed by atoms with Crippen LogP contribution in [0.15, 0.2) is 17.2 Å². The second kappa shape index (κ2) is 6.50. The molecule has 5 nitrogen and oxygen atoms in total. The van der Waals surface area contributed by atoms with E-state index in [1.807, 2.05) is 11.6 Å². The first-order valence-corrected chi connectivity index (χ1v) is 9.22. The van der Waals surface area contributed by atoms with Crippen LogP contribution in [0.1, 0.15) is 45.2 Å². The third-order valence-electron chi connectivity index (χ3n) is 4.34. The van der Waals surface area contributed by atoms with Gasteiger partial charge in [-0.05, 0) is 37.8 Å². The molecule has 2 N–H and O–H groups in total. The van der Waals surface area contributed by atoms with Crippen molar-refractivity contribution in [2.45, 2.75) is 57.5 Å². The summed E-state index contributed by atoms with van der Waals surface area (Å²) in [5.74, 6) is 0. The Hall–Kier alpha value is -0.850. The minimum atomic E-state index is -3.41. The van der Waals surface area contributed by atoms with Crippen LogP contribution in [-0.2, 0) is 23.1 Å². The summed E-state index contributed by atoms with van der Waals surface area (Å²) in [6.07, 6.45) is 6.16. The molecule has 0 spiro atoms. The van der Waals surface area contributed by atoms with Crippen LogP contribution >= 0.6 is 0 Å². The number of nitrogens with one attached hydrogen (secondary N) is 2. The lowest BCUT2D eigenvalue weighted by atomic mass is 9.71. The van der Waals surface area contributed by atoms with Crippen molar-refractivity contribution in [2.75, 3.05) is 13.6 Å². The first-order chi connectivity index (χ1) is 9.90. The molecule has 1 fully saturated rings. The molecule has 120 valence electrons. The summed E-state index contributed by atoms with van der Waals surface area (Å²) in [5.41, 5.74) is 1.15. The smallest absolute Gasteiger partial charge is 0.242 e. The molecular formula is C15H27N3O2S. The number of rotatable bonds is 8. The summed E-state index contributed by atoms with van der Waals surface area (Å²) in [6, 6.07) is 1.78. The molecule has 0 radical (unpaired) electrons. The molecule has 2 rings (SSSR count). The molecule has 0 unspecified atom stereocenters. The molecule has 0 aliphatic heterocycles. The topological polar surface area (TPSA) is 63.1 Å². The summed E-state index contributed by atoms with van der Waals surface area (Å²) in [4.78, 5) is 0.379. The van der Waals surface area contributed by atoms with E-state index in [0.29, 0.717) is 18.0 Å². The van der Waals surface area contributed by atoms with Crippen LogP contribution in [0.25, 0.3) is 0 Å². The lowest BCUT2D eigenvalue weighted by Crippen LogP contribution is -2.39. The zero-order valence-electron chi connectivity index (χ0n) is 13.3. The van der Waals surface area contributed by atoms with E-state index < -0.39 is 10.0 Å². The fraction of sp³-hybridized carbons (Fsp3) is 0.733. The highest BCUT2D eigenvalue weighted by atomic mass is 32.2.